The van der Waals surface area contributed by atoms with E-state index in [2.05, 4.69) is 29.0 Å². The smallest absolute Gasteiger partial charge is 0.544 e. The standard InChI is InChI=1S/C21H21NO2PS.K/c1-18-12-14-21(15-13-18)26(23,24)22-16-17-25(19-8-4-2-5-9-19)20-10-6-3-7-11-20;/h2-15H,16-17H2,1H3;/q-1;+1. The molecule has 6 heteroatoms. The first kappa shape index (κ1) is 22.9. The van der Waals surface area contributed by atoms with E-state index < -0.39 is 17.9 Å². The number of rotatable bonds is 7. The molecule has 0 fully saturated rings. The molecular formula is C21H21KNO2PS. The summed E-state index contributed by atoms with van der Waals surface area (Å²) < 4.78 is 28.9. The molecule has 3 aromatic rings. The Morgan fingerprint density at radius 1 is 0.778 bits per heavy atom. The Balaban J connectivity index is 0.00000261. The Morgan fingerprint density at radius 3 is 1.74 bits per heavy atom. The average molecular weight is 422 g/mol. The molecule has 3 rings (SSSR count). The maximum Gasteiger partial charge on any atom is 1.00 e. The van der Waals surface area contributed by atoms with Gasteiger partial charge in [-0.05, 0) is 43.7 Å². The topological polar surface area (TPSA) is 48.2 Å². The SMILES string of the molecule is Cc1ccc(S(=O)(=O)[N-]CCP(c2ccccc2)c2ccccc2)cc1.[K+]. The first-order valence-electron chi connectivity index (χ1n) is 8.44. The number of sulfonamides is 1. The molecule has 0 bridgehead atoms. The minimum atomic E-state index is -3.60. The molecule has 3 aromatic carbocycles. The van der Waals surface area contributed by atoms with Crippen LogP contribution in [-0.4, -0.2) is 21.1 Å². The van der Waals surface area contributed by atoms with Crippen LogP contribution in [0.15, 0.2) is 89.8 Å². The molecule has 0 aromatic heterocycles. The summed E-state index contributed by atoms with van der Waals surface area (Å²) >= 11 is 0. The number of benzene rings is 3. The van der Waals surface area contributed by atoms with Gasteiger partial charge in [0.25, 0.3) is 0 Å². The van der Waals surface area contributed by atoms with Crippen molar-refractivity contribution in [2.45, 2.75) is 11.8 Å². The number of hydrogen-bond acceptors (Lipinski definition) is 2. The van der Waals surface area contributed by atoms with Gasteiger partial charge in [0.2, 0.25) is 0 Å². The molecule has 0 aliphatic heterocycles. The second-order valence-electron chi connectivity index (χ2n) is 5.96. The van der Waals surface area contributed by atoms with Crippen LogP contribution in [0, 0.1) is 6.92 Å². The molecule has 0 aliphatic carbocycles. The van der Waals surface area contributed by atoms with Gasteiger partial charge in [-0.3, -0.25) is 0 Å². The Labute approximate surface area is 205 Å². The third-order valence-corrected chi connectivity index (χ3v) is 7.92. The molecule has 0 aliphatic rings. The van der Waals surface area contributed by atoms with Crippen LogP contribution in [0.5, 0.6) is 0 Å². The second-order valence-corrected chi connectivity index (χ2v) is 9.98. The minimum absolute atomic E-state index is 0. The van der Waals surface area contributed by atoms with E-state index in [0.717, 1.165) is 5.56 Å². The van der Waals surface area contributed by atoms with Crippen molar-refractivity contribution < 1.29 is 59.8 Å². The fourth-order valence-electron chi connectivity index (χ4n) is 2.67. The molecule has 0 saturated heterocycles. The zero-order valence-corrected chi connectivity index (χ0v) is 20.5. The summed E-state index contributed by atoms with van der Waals surface area (Å²) in [6.07, 6.45) is 0.703. The van der Waals surface area contributed by atoms with Gasteiger partial charge in [-0.15, -0.1) is 6.54 Å². The normalized spacial score (nSPS) is 11.2. The monoisotopic (exact) mass is 421 g/mol. The zero-order valence-electron chi connectivity index (χ0n) is 15.6. The molecule has 0 radical (unpaired) electrons. The second kappa shape index (κ2) is 11.0. The zero-order chi connectivity index (χ0) is 18.4. The molecular weight excluding hydrogens is 400 g/mol. The summed E-state index contributed by atoms with van der Waals surface area (Å²) in [6, 6.07) is 27.3. The van der Waals surface area contributed by atoms with Gasteiger partial charge >= 0.3 is 51.4 Å². The Bertz CT molecular complexity index is 893. The Morgan fingerprint density at radius 2 is 1.26 bits per heavy atom. The average Bonchev–Trinajstić information content (AvgIpc) is 2.67. The van der Waals surface area contributed by atoms with E-state index in [4.69, 9.17) is 0 Å². The van der Waals surface area contributed by atoms with Crippen LogP contribution in [0.2, 0.25) is 0 Å². The van der Waals surface area contributed by atoms with Crippen LogP contribution in [0.1, 0.15) is 5.56 Å². The molecule has 0 saturated carbocycles. The van der Waals surface area contributed by atoms with Crippen molar-refractivity contribution >= 4 is 28.6 Å². The minimum Gasteiger partial charge on any atom is -0.544 e. The molecule has 0 N–H and O–H groups in total. The van der Waals surface area contributed by atoms with E-state index in [9.17, 15) is 8.42 Å². The van der Waals surface area contributed by atoms with Crippen LogP contribution < -0.4 is 62.0 Å². The van der Waals surface area contributed by atoms with E-state index >= 15 is 0 Å². The first-order chi connectivity index (χ1) is 12.6. The van der Waals surface area contributed by atoms with Crippen LogP contribution >= 0.6 is 7.92 Å². The maximum atomic E-state index is 12.4. The van der Waals surface area contributed by atoms with Gasteiger partial charge in [-0.2, -0.15) is 0 Å². The Hall–Kier alpha value is -0.364. The van der Waals surface area contributed by atoms with E-state index in [1.165, 1.54) is 10.6 Å². The molecule has 0 atom stereocenters. The summed E-state index contributed by atoms with van der Waals surface area (Å²) in [6.45, 7) is 2.21. The van der Waals surface area contributed by atoms with Crippen molar-refractivity contribution in [2.75, 3.05) is 12.7 Å². The van der Waals surface area contributed by atoms with Crippen molar-refractivity contribution in [3.8, 4) is 0 Å². The van der Waals surface area contributed by atoms with Crippen molar-refractivity contribution in [2.24, 2.45) is 0 Å². The fraction of sp³-hybridized carbons (Fsp3) is 0.143. The first-order valence-corrected chi connectivity index (χ1v) is 11.4. The van der Waals surface area contributed by atoms with Gasteiger partial charge in [0.1, 0.15) is 10.0 Å². The molecule has 0 unspecified atom stereocenters. The van der Waals surface area contributed by atoms with Gasteiger partial charge in [-0.1, -0.05) is 78.4 Å². The third-order valence-electron chi connectivity index (χ3n) is 4.04. The van der Waals surface area contributed by atoms with E-state index in [-0.39, 0.29) is 62.8 Å². The molecule has 0 spiro atoms. The van der Waals surface area contributed by atoms with Crippen molar-refractivity contribution in [3.63, 3.8) is 0 Å². The van der Waals surface area contributed by atoms with Crippen LogP contribution in [0.4, 0.5) is 0 Å². The third kappa shape index (κ3) is 6.59. The molecule has 0 heterocycles. The summed E-state index contributed by atoms with van der Waals surface area (Å²) in [5.41, 5.74) is 1.03. The van der Waals surface area contributed by atoms with E-state index in [1.807, 2.05) is 43.3 Å². The van der Waals surface area contributed by atoms with E-state index in [0.29, 0.717) is 6.16 Å². The van der Waals surface area contributed by atoms with Gasteiger partial charge in [-0.25, -0.2) is 8.42 Å². The largest absolute Gasteiger partial charge is 1.00 e. The molecule has 27 heavy (non-hydrogen) atoms. The number of aryl methyl sites for hydroxylation is 1. The summed E-state index contributed by atoms with van der Waals surface area (Å²) in [5, 5.41) is 2.47. The summed E-state index contributed by atoms with van der Waals surface area (Å²) in [7, 11) is -4.24. The van der Waals surface area contributed by atoms with Crippen LogP contribution in [-0.2, 0) is 10.0 Å². The van der Waals surface area contributed by atoms with Crippen molar-refractivity contribution in [1.82, 2.24) is 0 Å². The van der Waals surface area contributed by atoms with Gasteiger partial charge in [0.05, 0.1) is 0 Å². The maximum absolute atomic E-state index is 12.4. The van der Waals surface area contributed by atoms with Gasteiger partial charge in [0, 0.05) is 4.90 Å². The predicted molar refractivity (Wildman–Crippen MR) is 111 cm³/mol. The Kier molecular flexibility index (Phi) is 9.33. The molecule has 0 amide bonds. The van der Waals surface area contributed by atoms with Crippen LogP contribution in [0.25, 0.3) is 4.72 Å². The summed E-state index contributed by atoms with van der Waals surface area (Å²) in [4.78, 5) is 0.256. The molecule has 3 nitrogen and oxygen atoms in total. The quantitative estimate of drug-likeness (QED) is 0.425. The molecule has 134 valence electrons. The van der Waals surface area contributed by atoms with Crippen molar-refractivity contribution in [3.05, 3.63) is 95.2 Å². The number of nitrogens with zero attached hydrogens (tertiary/aromatic N) is 1. The summed E-state index contributed by atoms with van der Waals surface area (Å²) in [5.74, 6) is 0. The predicted octanol–water partition coefficient (Wildman–Crippen LogP) is 1.19. The van der Waals surface area contributed by atoms with Gasteiger partial charge < -0.3 is 4.72 Å². The van der Waals surface area contributed by atoms with E-state index in [1.54, 1.807) is 24.3 Å². The van der Waals surface area contributed by atoms with Crippen LogP contribution in [0.3, 0.4) is 0 Å². The van der Waals surface area contributed by atoms with Gasteiger partial charge in [0.15, 0.2) is 0 Å². The van der Waals surface area contributed by atoms with Crippen molar-refractivity contribution in [1.29, 1.82) is 0 Å². The fourth-order valence-corrected chi connectivity index (χ4v) is 5.94. The number of hydrogen-bond donors (Lipinski definition) is 0.